The molecule has 2 aromatic carbocycles. The first-order chi connectivity index (χ1) is 11.2. The zero-order valence-electron chi connectivity index (χ0n) is 13.5. The number of fused-ring (bicyclic) bond motifs is 1. The molecule has 0 aromatic heterocycles. The first-order valence-electron chi connectivity index (χ1n) is 8.35. The first-order valence-corrected chi connectivity index (χ1v) is 8.35. The van der Waals surface area contributed by atoms with E-state index in [9.17, 15) is 4.79 Å². The summed E-state index contributed by atoms with van der Waals surface area (Å²) >= 11 is 0. The number of nitrogens with two attached hydrogens (primary N) is 1. The van der Waals surface area contributed by atoms with Crippen LogP contribution in [-0.2, 0) is 11.2 Å². The monoisotopic (exact) mass is 308 g/mol. The normalized spacial score (nSPS) is 19.5. The van der Waals surface area contributed by atoms with Crippen LogP contribution in [0.1, 0.15) is 48.4 Å². The quantitative estimate of drug-likeness (QED) is 0.910. The molecule has 0 saturated heterocycles. The number of rotatable bonds is 4. The molecule has 0 saturated carbocycles. The van der Waals surface area contributed by atoms with Crippen molar-refractivity contribution >= 4 is 5.91 Å². The fraction of sp³-hybridized carbons (Fsp3) is 0.350. The topological polar surface area (TPSA) is 55.1 Å². The van der Waals surface area contributed by atoms with Crippen molar-refractivity contribution in [2.75, 3.05) is 0 Å². The summed E-state index contributed by atoms with van der Waals surface area (Å²) in [7, 11) is 0. The summed E-state index contributed by atoms with van der Waals surface area (Å²) in [5.74, 6) is 0.201. The van der Waals surface area contributed by atoms with Gasteiger partial charge in [-0.05, 0) is 42.9 Å². The number of carbonyl (C=O) groups excluding carboxylic acids is 1. The van der Waals surface area contributed by atoms with Crippen LogP contribution in [0, 0.1) is 0 Å². The highest BCUT2D eigenvalue weighted by atomic mass is 16.2. The van der Waals surface area contributed by atoms with Gasteiger partial charge in [0.1, 0.15) is 0 Å². The van der Waals surface area contributed by atoms with E-state index in [-0.39, 0.29) is 11.9 Å². The van der Waals surface area contributed by atoms with Gasteiger partial charge in [-0.25, -0.2) is 0 Å². The molecule has 1 aliphatic carbocycles. The van der Waals surface area contributed by atoms with Gasteiger partial charge in [0.15, 0.2) is 0 Å². The van der Waals surface area contributed by atoms with E-state index in [1.54, 1.807) is 6.92 Å². The van der Waals surface area contributed by atoms with Gasteiger partial charge in [0.2, 0.25) is 5.91 Å². The molecular formula is C20H24N2O. The van der Waals surface area contributed by atoms with E-state index in [1.165, 1.54) is 11.1 Å². The number of benzene rings is 2. The van der Waals surface area contributed by atoms with Gasteiger partial charge in [0, 0.05) is 5.92 Å². The Kier molecular flexibility index (Phi) is 4.77. The second-order valence-electron chi connectivity index (χ2n) is 6.38. The molecule has 3 heteroatoms. The minimum atomic E-state index is -0.500. The lowest BCUT2D eigenvalue weighted by Crippen LogP contribution is -2.42. The number of hydrogen-bond donors (Lipinski definition) is 2. The van der Waals surface area contributed by atoms with Crippen LogP contribution in [0.15, 0.2) is 54.6 Å². The molecule has 3 unspecified atom stereocenters. The lowest BCUT2D eigenvalue weighted by atomic mass is 9.76. The molecule has 3 nitrogen and oxygen atoms in total. The van der Waals surface area contributed by atoms with Crippen LogP contribution in [0.5, 0.6) is 0 Å². The minimum Gasteiger partial charge on any atom is -0.347 e. The molecule has 0 fully saturated rings. The third-order valence-electron chi connectivity index (χ3n) is 4.69. The van der Waals surface area contributed by atoms with Crippen molar-refractivity contribution in [3.63, 3.8) is 0 Å². The van der Waals surface area contributed by atoms with Gasteiger partial charge in [-0.3, -0.25) is 4.79 Å². The van der Waals surface area contributed by atoms with Crippen molar-refractivity contribution in [2.45, 2.75) is 44.2 Å². The predicted octanol–water partition coefficient (Wildman–Crippen LogP) is 3.31. The summed E-state index contributed by atoms with van der Waals surface area (Å²) in [6, 6.07) is 18.3. The Bertz CT molecular complexity index is 666. The van der Waals surface area contributed by atoms with Gasteiger partial charge in [-0.15, -0.1) is 0 Å². The Morgan fingerprint density at radius 2 is 1.83 bits per heavy atom. The number of carbonyl (C=O) groups is 1. The Balaban J connectivity index is 1.97. The molecule has 0 aliphatic heterocycles. The fourth-order valence-electron chi connectivity index (χ4n) is 3.50. The minimum absolute atomic E-state index is 0.0313. The SMILES string of the molecule is CC(N)C(=O)NC(c1ccccc1)C1CCCc2ccccc21. The third-order valence-corrected chi connectivity index (χ3v) is 4.69. The lowest BCUT2D eigenvalue weighted by molar-refractivity contribution is -0.122. The van der Waals surface area contributed by atoms with Gasteiger partial charge in [0.05, 0.1) is 12.1 Å². The number of nitrogens with one attached hydrogen (secondary N) is 1. The zero-order chi connectivity index (χ0) is 16.2. The van der Waals surface area contributed by atoms with Crippen LogP contribution < -0.4 is 11.1 Å². The van der Waals surface area contributed by atoms with Gasteiger partial charge in [-0.2, -0.15) is 0 Å². The fourth-order valence-corrected chi connectivity index (χ4v) is 3.50. The molecular weight excluding hydrogens is 284 g/mol. The maximum Gasteiger partial charge on any atom is 0.237 e. The molecule has 0 spiro atoms. The molecule has 0 radical (unpaired) electrons. The van der Waals surface area contributed by atoms with Gasteiger partial charge < -0.3 is 11.1 Å². The average molecular weight is 308 g/mol. The molecule has 1 aliphatic rings. The molecule has 0 heterocycles. The molecule has 3 atom stereocenters. The maximum atomic E-state index is 12.2. The predicted molar refractivity (Wildman–Crippen MR) is 93.1 cm³/mol. The van der Waals surface area contributed by atoms with Crippen molar-refractivity contribution in [1.82, 2.24) is 5.32 Å². The Labute approximate surface area is 137 Å². The second kappa shape index (κ2) is 6.97. The van der Waals surface area contributed by atoms with Gasteiger partial charge in [0.25, 0.3) is 0 Å². The first kappa shape index (κ1) is 15.8. The summed E-state index contributed by atoms with van der Waals surface area (Å²) in [5.41, 5.74) is 9.68. The van der Waals surface area contributed by atoms with Crippen molar-refractivity contribution in [2.24, 2.45) is 5.73 Å². The number of amides is 1. The lowest BCUT2D eigenvalue weighted by Gasteiger charge is -2.33. The Hall–Kier alpha value is -2.13. The number of aryl methyl sites for hydroxylation is 1. The van der Waals surface area contributed by atoms with Crippen LogP contribution >= 0.6 is 0 Å². The summed E-state index contributed by atoms with van der Waals surface area (Å²) in [6.45, 7) is 1.73. The molecule has 120 valence electrons. The summed E-state index contributed by atoms with van der Waals surface area (Å²) in [4.78, 5) is 12.2. The molecule has 3 N–H and O–H groups in total. The number of hydrogen-bond acceptors (Lipinski definition) is 2. The highest BCUT2D eigenvalue weighted by Gasteiger charge is 2.30. The Morgan fingerprint density at radius 3 is 2.57 bits per heavy atom. The summed E-state index contributed by atoms with van der Waals surface area (Å²) < 4.78 is 0. The van der Waals surface area contributed by atoms with Gasteiger partial charge in [-0.1, -0.05) is 54.6 Å². The third kappa shape index (κ3) is 3.45. The highest BCUT2D eigenvalue weighted by molar-refractivity contribution is 5.81. The van der Waals surface area contributed by atoms with E-state index in [1.807, 2.05) is 18.2 Å². The van der Waals surface area contributed by atoms with Crippen molar-refractivity contribution in [1.29, 1.82) is 0 Å². The zero-order valence-corrected chi connectivity index (χ0v) is 13.5. The largest absolute Gasteiger partial charge is 0.347 e. The van der Waals surface area contributed by atoms with E-state index < -0.39 is 6.04 Å². The Morgan fingerprint density at radius 1 is 1.13 bits per heavy atom. The molecule has 0 bridgehead atoms. The maximum absolute atomic E-state index is 12.2. The summed E-state index contributed by atoms with van der Waals surface area (Å²) in [6.07, 6.45) is 3.35. The van der Waals surface area contributed by atoms with Crippen molar-refractivity contribution < 1.29 is 4.79 Å². The van der Waals surface area contributed by atoms with Crippen LogP contribution in [0.3, 0.4) is 0 Å². The second-order valence-corrected chi connectivity index (χ2v) is 6.38. The van der Waals surface area contributed by atoms with Crippen LogP contribution in [-0.4, -0.2) is 11.9 Å². The van der Waals surface area contributed by atoms with Gasteiger partial charge >= 0.3 is 0 Å². The smallest absolute Gasteiger partial charge is 0.237 e. The summed E-state index contributed by atoms with van der Waals surface area (Å²) in [5, 5.41) is 3.18. The van der Waals surface area contributed by atoms with Crippen LogP contribution in [0.4, 0.5) is 0 Å². The van der Waals surface area contributed by atoms with E-state index in [2.05, 4.69) is 41.7 Å². The van der Waals surface area contributed by atoms with E-state index in [0.717, 1.165) is 24.8 Å². The van der Waals surface area contributed by atoms with E-state index >= 15 is 0 Å². The van der Waals surface area contributed by atoms with Crippen molar-refractivity contribution in [3.8, 4) is 0 Å². The molecule has 1 amide bonds. The van der Waals surface area contributed by atoms with Crippen molar-refractivity contribution in [3.05, 3.63) is 71.3 Å². The molecule has 3 rings (SSSR count). The van der Waals surface area contributed by atoms with E-state index in [0.29, 0.717) is 5.92 Å². The standard InChI is InChI=1S/C20H24N2O/c1-14(21)20(23)22-19(16-9-3-2-4-10-16)18-13-7-11-15-8-5-6-12-17(15)18/h2-6,8-10,12,14,18-19H,7,11,13,21H2,1H3,(H,22,23). The molecule has 2 aromatic rings. The highest BCUT2D eigenvalue weighted by Crippen LogP contribution is 2.40. The molecule has 23 heavy (non-hydrogen) atoms. The average Bonchev–Trinajstić information content (AvgIpc) is 2.59. The van der Waals surface area contributed by atoms with Crippen LogP contribution in [0.25, 0.3) is 0 Å². The van der Waals surface area contributed by atoms with Crippen LogP contribution in [0.2, 0.25) is 0 Å². The van der Waals surface area contributed by atoms with E-state index in [4.69, 9.17) is 5.73 Å².